The summed E-state index contributed by atoms with van der Waals surface area (Å²) in [5.74, 6) is 1.43. The minimum atomic E-state index is -0.483. The summed E-state index contributed by atoms with van der Waals surface area (Å²) in [6.07, 6.45) is 0. The molecule has 0 bridgehead atoms. The first-order chi connectivity index (χ1) is 13.6. The van der Waals surface area contributed by atoms with E-state index < -0.39 is 12.0 Å². The first kappa shape index (κ1) is 17.8. The smallest absolute Gasteiger partial charge is 0.338 e. The largest absolute Gasteiger partial charge is 0.497 e. The molecule has 0 radical (unpaired) electrons. The number of fused-ring (bicyclic) bond motifs is 1. The van der Waals surface area contributed by atoms with Crippen LogP contribution < -0.4 is 10.1 Å². The van der Waals surface area contributed by atoms with Crippen molar-refractivity contribution < 1.29 is 14.3 Å². The molecule has 1 aromatic heterocycles. The van der Waals surface area contributed by atoms with Crippen LogP contribution in [0.5, 0.6) is 5.75 Å². The molecule has 1 atom stereocenters. The first-order valence-corrected chi connectivity index (χ1v) is 8.84. The fourth-order valence-corrected chi connectivity index (χ4v) is 3.35. The first-order valence-electron chi connectivity index (χ1n) is 8.84. The fourth-order valence-electron chi connectivity index (χ4n) is 3.35. The Hall–Kier alpha value is -3.61. The van der Waals surface area contributed by atoms with E-state index in [2.05, 4.69) is 10.3 Å². The van der Waals surface area contributed by atoms with Crippen molar-refractivity contribution in [2.75, 3.05) is 19.5 Å². The van der Waals surface area contributed by atoms with Crippen molar-refractivity contribution in [1.82, 2.24) is 14.8 Å². The lowest BCUT2D eigenvalue weighted by Crippen LogP contribution is -2.29. The third-order valence-electron chi connectivity index (χ3n) is 4.70. The van der Waals surface area contributed by atoms with E-state index in [1.807, 2.05) is 61.5 Å². The van der Waals surface area contributed by atoms with Crippen molar-refractivity contribution in [3.05, 3.63) is 71.4 Å². The molecule has 0 spiro atoms. The second-order valence-electron chi connectivity index (χ2n) is 6.40. The van der Waals surface area contributed by atoms with Crippen molar-refractivity contribution in [3.63, 3.8) is 0 Å². The summed E-state index contributed by atoms with van der Waals surface area (Å²) in [6, 6.07) is 16.8. The van der Waals surface area contributed by atoms with Crippen molar-refractivity contribution in [1.29, 1.82) is 0 Å². The van der Waals surface area contributed by atoms with Crippen LogP contribution >= 0.6 is 0 Å². The molecule has 1 aliphatic rings. The maximum absolute atomic E-state index is 12.6. The predicted octanol–water partition coefficient (Wildman–Crippen LogP) is 3.42. The SMILES string of the molecule is COC(=O)C1=C(C)Nc2nc(-c3ccccc3)nn2C1c1cccc(OC)c1. The van der Waals surface area contributed by atoms with Gasteiger partial charge in [-0.2, -0.15) is 4.98 Å². The minimum Gasteiger partial charge on any atom is -0.497 e. The van der Waals surface area contributed by atoms with Crippen LogP contribution in [0.15, 0.2) is 65.9 Å². The zero-order valence-corrected chi connectivity index (χ0v) is 15.8. The second kappa shape index (κ2) is 7.19. The summed E-state index contributed by atoms with van der Waals surface area (Å²) in [5.41, 5.74) is 2.91. The van der Waals surface area contributed by atoms with E-state index in [1.165, 1.54) is 7.11 Å². The normalized spacial score (nSPS) is 15.6. The number of esters is 1. The summed E-state index contributed by atoms with van der Waals surface area (Å²) in [7, 11) is 2.98. The molecule has 2 aromatic carbocycles. The third-order valence-corrected chi connectivity index (χ3v) is 4.70. The van der Waals surface area contributed by atoms with Gasteiger partial charge in [0.2, 0.25) is 5.95 Å². The number of benzene rings is 2. The highest BCUT2D eigenvalue weighted by Crippen LogP contribution is 2.37. The molecule has 28 heavy (non-hydrogen) atoms. The molecule has 7 nitrogen and oxygen atoms in total. The number of hydrogen-bond donors (Lipinski definition) is 1. The summed E-state index contributed by atoms with van der Waals surface area (Å²) in [4.78, 5) is 17.2. The van der Waals surface area contributed by atoms with E-state index in [-0.39, 0.29) is 0 Å². The van der Waals surface area contributed by atoms with Gasteiger partial charge in [-0.3, -0.25) is 0 Å². The molecule has 2 heterocycles. The number of ether oxygens (including phenoxy) is 2. The number of methoxy groups -OCH3 is 2. The van der Waals surface area contributed by atoms with E-state index in [0.29, 0.717) is 28.8 Å². The second-order valence-corrected chi connectivity index (χ2v) is 6.40. The van der Waals surface area contributed by atoms with Crippen LogP contribution in [-0.2, 0) is 9.53 Å². The molecule has 0 saturated heterocycles. The number of carbonyl (C=O) groups excluding carboxylic acids is 1. The summed E-state index contributed by atoms with van der Waals surface area (Å²) >= 11 is 0. The van der Waals surface area contributed by atoms with Gasteiger partial charge in [0, 0.05) is 11.3 Å². The van der Waals surface area contributed by atoms with E-state index in [0.717, 1.165) is 11.1 Å². The Labute approximate surface area is 162 Å². The van der Waals surface area contributed by atoms with E-state index in [4.69, 9.17) is 14.6 Å². The van der Waals surface area contributed by atoms with Gasteiger partial charge in [-0.05, 0) is 24.6 Å². The molecular weight excluding hydrogens is 356 g/mol. The lowest BCUT2D eigenvalue weighted by molar-refractivity contribution is -0.136. The molecule has 3 aromatic rings. The molecule has 1 aliphatic heterocycles. The van der Waals surface area contributed by atoms with Crippen LogP contribution in [0, 0.1) is 0 Å². The monoisotopic (exact) mass is 376 g/mol. The van der Waals surface area contributed by atoms with Crippen LogP contribution in [-0.4, -0.2) is 35.0 Å². The molecule has 1 N–H and O–H groups in total. The molecule has 0 fully saturated rings. The number of rotatable bonds is 4. The van der Waals surface area contributed by atoms with Crippen LogP contribution in [0.3, 0.4) is 0 Å². The van der Waals surface area contributed by atoms with Gasteiger partial charge in [0.25, 0.3) is 0 Å². The molecule has 4 rings (SSSR count). The highest BCUT2D eigenvalue weighted by Gasteiger charge is 2.35. The topological polar surface area (TPSA) is 78.3 Å². The molecular formula is C21H20N4O3. The molecule has 0 amide bonds. The Bertz CT molecular complexity index is 1060. The Morgan fingerprint density at radius 2 is 1.89 bits per heavy atom. The maximum Gasteiger partial charge on any atom is 0.338 e. The van der Waals surface area contributed by atoms with Gasteiger partial charge < -0.3 is 14.8 Å². The third kappa shape index (κ3) is 3.00. The Kier molecular flexibility index (Phi) is 4.57. The van der Waals surface area contributed by atoms with Gasteiger partial charge in [0.1, 0.15) is 11.8 Å². The summed E-state index contributed by atoms with van der Waals surface area (Å²) < 4.78 is 12.1. The number of allylic oxidation sites excluding steroid dienone is 1. The fraction of sp³-hybridized carbons (Fsp3) is 0.190. The average Bonchev–Trinajstić information content (AvgIpc) is 3.16. The number of carbonyl (C=O) groups is 1. The number of nitrogens with one attached hydrogen (secondary N) is 1. The van der Waals surface area contributed by atoms with Crippen LogP contribution in [0.1, 0.15) is 18.5 Å². The molecule has 0 aliphatic carbocycles. The number of aromatic nitrogens is 3. The van der Waals surface area contributed by atoms with Gasteiger partial charge in [-0.15, -0.1) is 5.10 Å². The van der Waals surface area contributed by atoms with Gasteiger partial charge in [0.15, 0.2) is 5.82 Å². The van der Waals surface area contributed by atoms with Crippen molar-refractivity contribution in [2.45, 2.75) is 13.0 Å². The Balaban J connectivity index is 1.89. The van der Waals surface area contributed by atoms with Crippen LogP contribution in [0.4, 0.5) is 5.95 Å². The highest BCUT2D eigenvalue weighted by atomic mass is 16.5. The van der Waals surface area contributed by atoms with E-state index in [9.17, 15) is 4.79 Å². The standard InChI is InChI=1S/C21H20N4O3/c1-13-17(20(26)28-3)18(15-10-7-11-16(12-15)27-2)25-21(22-13)23-19(24-25)14-8-5-4-6-9-14/h4-12,18H,1-3H3,(H,22,23,24). The lowest BCUT2D eigenvalue weighted by Gasteiger charge is -2.28. The zero-order chi connectivity index (χ0) is 19.7. The summed E-state index contributed by atoms with van der Waals surface area (Å²) in [5, 5.41) is 7.88. The average molecular weight is 376 g/mol. The highest BCUT2D eigenvalue weighted by molar-refractivity contribution is 5.92. The molecule has 1 unspecified atom stereocenters. The maximum atomic E-state index is 12.6. The summed E-state index contributed by atoms with van der Waals surface area (Å²) in [6.45, 7) is 1.83. The van der Waals surface area contributed by atoms with Gasteiger partial charge in [0.05, 0.1) is 19.8 Å². The molecule has 7 heteroatoms. The van der Waals surface area contributed by atoms with Gasteiger partial charge in [-0.1, -0.05) is 42.5 Å². The predicted molar refractivity (Wildman–Crippen MR) is 105 cm³/mol. The molecule has 0 saturated carbocycles. The van der Waals surface area contributed by atoms with Crippen LogP contribution in [0.2, 0.25) is 0 Å². The van der Waals surface area contributed by atoms with Crippen molar-refractivity contribution in [3.8, 4) is 17.1 Å². The van der Waals surface area contributed by atoms with Crippen molar-refractivity contribution >= 4 is 11.9 Å². The quantitative estimate of drug-likeness (QED) is 0.703. The van der Waals surface area contributed by atoms with E-state index in [1.54, 1.807) is 11.8 Å². The van der Waals surface area contributed by atoms with Crippen LogP contribution in [0.25, 0.3) is 11.4 Å². The number of nitrogens with zero attached hydrogens (tertiary/aromatic N) is 3. The Morgan fingerprint density at radius 3 is 2.61 bits per heavy atom. The van der Waals surface area contributed by atoms with E-state index >= 15 is 0 Å². The number of anilines is 1. The number of hydrogen-bond acceptors (Lipinski definition) is 6. The zero-order valence-electron chi connectivity index (χ0n) is 15.8. The van der Waals surface area contributed by atoms with Gasteiger partial charge >= 0.3 is 5.97 Å². The molecule has 142 valence electrons. The van der Waals surface area contributed by atoms with Gasteiger partial charge in [-0.25, -0.2) is 9.48 Å². The van der Waals surface area contributed by atoms with Crippen molar-refractivity contribution in [2.24, 2.45) is 0 Å². The minimum absolute atomic E-state index is 0.416. The lowest BCUT2D eigenvalue weighted by atomic mass is 9.95. The Morgan fingerprint density at radius 1 is 1.11 bits per heavy atom.